The van der Waals surface area contributed by atoms with Gasteiger partial charge in [0.1, 0.15) is 27.4 Å². The Balaban J connectivity index is 2.44. The van der Waals surface area contributed by atoms with Gasteiger partial charge in [-0.05, 0) is 24.3 Å². The van der Waals surface area contributed by atoms with E-state index in [-0.39, 0.29) is 11.0 Å². The van der Waals surface area contributed by atoms with Gasteiger partial charge in [-0.1, -0.05) is 17.7 Å². The van der Waals surface area contributed by atoms with Gasteiger partial charge in [0.05, 0.1) is 0 Å². The predicted molar refractivity (Wildman–Crippen MR) is 70.8 cm³/mol. The van der Waals surface area contributed by atoms with Gasteiger partial charge < -0.3 is 5.73 Å². The van der Waals surface area contributed by atoms with Crippen LogP contribution in [-0.4, -0.2) is 13.4 Å². The van der Waals surface area contributed by atoms with Crippen molar-refractivity contribution in [1.29, 1.82) is 0 Å². The highest BCUT2D eigenvalue weighted by molar-refractivity contribution is 7.92. The van der Waals surface area contributed by atoms with Crippen molar-refractivity contribution in [2.24, 2.45) is 0 Å². The molecule has 0 atom stereocenters. The first kappa shape index (κ1) is 14.5. The van der Waals surface area contributed by atoms with Gasteiger partial charge in [0, 0.05) is 0 Å². The van der Waals surface area contributed by atoms with Crippen molar-refractivity contribution in [1.82, 2.24) is 4.98 Å². The number of halogens is 3. The molecule has 2 rings (SSSR count). The second-order valence-corrected chi connectivity index (χ2v) is 5.76. The molecule has 0 bridgehead atoms. The van der Waals surface area contributed by atoms with E-state index in [2.05, 4.69) is 4.98 Å². The average molecular weight is 320 g/mol. The summed E-state index contributed by atoms with van der Waals surface area (Å²) in [4.78, 5) is 2.92. The topological polar surface area (TPSA) is 85.1 Å². The number of hydrogen-bond acceptors (Lipinski definition) is 4. The summed E-state index contributed by atoms with van der Waals surface area (Å²) in [5.74, 6) is -2.50. The lowest BCUT2D eigenvalue weighted by atomic mass is 10.3. The van der Waals surface area contributed by atoms with E-state index < -0.39 is 32.2 Å². The normalized spacial score (nSPS) is 11.3. The average Bonchev–Trinajstić information content (AvgIpc) is 2.35. The van der Waals surface area contributed by atoms with Gasteiger partial charge in [0.25, 0.3) is 10.0 Å². The van der Waals surface area contributed by atoms with Crippen LogP contribution in [0.1, 0.15) is 0 Å². The van der Waals surface area contributed by atoms with Crippen LogP contribution in [0, 0.1) is 11.6 Å². The Morgan fingerprint density at radius 1 is 1.20 bits per heavy atom. The summed E-state index contributed by atoms with van der Waals surface area (Å²) in [6.45, 7) is 0. The van der Waals surface area contributed by atoms with E-state index in [4.69, 9.17) is 17.3 Å². The van der Waals surface area contributed by atoms with Crippen LogP contribution in [0.15, 0.2) is 35.2 Å². The number of nitrogen functional groups attached to an aromatic ring is 1. The van der Waals surface area contributed by atoms with Crippen LogP contribution in [-0.2, 0) is 10.0 Å². The van der Waals surface area contributed by atoms with Crippen LogP contribution >= 0.6 is 11.6 Å². The van der Waals surface area contributed by atoms with Crippen molar-refractivity contribution in [3.05, 3.63) is 47.1 Å². The minimum absolute atomic E-state index is 0.0595. The molecule has 9 heteroatoms. The number of nitrogens with two attached hydrogens (primary N) is 1. The van der Waals surface area contributed by atoms with E-state index >= 15 is 0 Å². The third-order valence-corrected chi connectivity index (χ3v) is 3.92. The van der Waals surface area contributed by atoms with E-state index in [1.807, 2.05) is 4.72 Å². The minimum Gasteiger partial charge on any atom is -0.394 e. The SMILES string of the molecule is Nc1c(F)ccc(S(=O)(=O)Nc2cccc(Cl)n2)c1F. The molecular formula is C11H8ClF2N3O2S. The molecule has 0 aliphatic heterocycles. The molecule has 0 spiro atoms. The van der Waals surface area contributed by atoms with Crippen molar-refractivity contribution in [3.63, 3.8) is 0 Å². The maximum absolute atomic E-state index is 13.7. The van der Waals surface area contributed by atoms with Crippen LogP contribution in [0.4, 0.5) is 20.3 Å². The molecule has 5 nitrogen and oxygen atoms in total. The Kier molecular flexibility index (Phi) is 3.78. The highest BCUT2D eigenvalue weighted by atomic mass is 35.5. The molecule has 0 aliphatic carbocycles. The molecule has 0 fully saturated rings. The fourth-order valence-electron chi connectivity index (χ4n) is 1.41. The van der Waals surface area contributed by atoms with Crippen molar-refractivity contribution < 1.29 is 17.2 Å². The number of nitrogens with one attached hydrogen (secondary N) is 1. The molecule has 0 unspecified atom stereocenters. The minimum atomic E-state index is -4.29. The fourth-order valence-corrected chi connectivity index (χ4v) is 2.67. The molecule has 0 radical (unpaired) electrons. The molecular weight excluding hydrogens is 312 g/mol. The number of nitrogens with zero attached hydrogens (tertiary/aromatic N) is 1. The molecule has 0 amide bonds. The van der Waals surface area contributed by atoms with Crippen LogP contribution in [0.2, 0.25) is 5.15 Å². The highest BCUT2D eigenvalue weighted by Gasteiger charge is 2.23. The molecule has 1 aromatic carbocycles. The molecule has 0 saturated carbocycles. The molecule has 1 aromatic heterocycles. The summed E-state index contributed by atoms with van der Waals surface area (Å²) >= 11 is 5.61. The van der Waals surface area contributed by atoms with Crippen molar-refractivity contribution in [2.45, 2.75) is 4.90 Å². The number of pyridine rings is 1. The third kappa shape index (κ3) is 2.81. The number of anilines is 2. The summed E-state index contributed by atoms with van der Waals surface area (Å²) in [6.07, 6.45) is 0. The third-order valence-electron chi connectivity index (χ3n) is 2.33. The Morgan fingerprint density at radius 3 is 2.55 bits per heavy atom. The molecule has 20 heavy (non-hydrogen) atoms. The lowest BCUT2D eigenvalue weighted by Crippen LogP contribution is -2.16. The first-order valence-corrected chi connectivity index (χ1v) is 7.06. The lowest BCUT2D eigenvalue weighted by Gasteiger charge is -2.09. The number of sulfonamides is 1. The van der Waals surface area contributed by atoms with E-state index in [1.165, 1.54) is 18.2 Å². The van der Waals surface area contributed by atoms with Gasteiger partial charge in [0.2, 0.25) is 0 Å². The van der Waals surface area contributed by atoms with Gasteiger partial charge in [-0.25, -0.2) is 22.2 Å². The first-order valence-electron chi connectivity index (χ1n) is 5.20. The second kappa shape index (κ2) is 5.22. The fraction of sp³-hybridized carbons (Fsp3) is 0. The van der Waals surface area contributed by atoms with E-state index in [9.17, 15) is 17.2 Å². The molecule has 2 aromatic rings. The first-order chi connectivity index (χ1) is 9.31. The lowest BCUT2D eigenvalue weighted by molar-refractivity contribution is 0.557. The Morgan fingerprint density at radius 2 is 1.90 bits per heavy atom. The van der Waals surface area contributed by atoms with Gasteiger partial charge >= 0.3 is 0 Å². The summed E-state index contributed by atoms with van der Waals surface area (Å²) in [5.41, 5.74) is 4.25. The molecule has 1 heterocycles. The Hall–Kier alpha value is -1.93. The largest absolute Gasteiger partial charge is 0.394 e. The van der Waals surface area contributed by atoms with Crippen LogP contribution in [0.5, 0.6) is 0 Å². The maximum atomic E-state index is 13.7. The van der Waals surface area contributed by atoms with Crippen molar-refractivity contribution in [3.8, 4) is 0 Å². The Labute approximate surface area is 118 Å². The van der Waals surface area contributed by atoms with Gasteiger partial charge in [-0.2, -0.15) is 0 Å². The number of benzene rings is 1. The summed E-state index contributed by atoms with van der Waals surface area (Å²) in [7, 11) is -4.29. The Bertz CT molecular complexity index is 768. The smallest absolute Gasteiger partial charge is 0.266 e. The zero-order valence-corrected chi connectivity index (χ0v) is 11.3. The van der Waals surface area contributed by atoms with Crippen molar-refractivity contribution >= 4 is 33.1 Å². The predicted octanol–water partition coefficient (Wildman–Crippen LogP) is 2.40. The summed E-state index contributed by atoms with van der Waals surface area (Å²) in [5, 5.41) is 0.0595. The zero-order valence-electron chi connectivity index (χ0n) is 9.77. The highest BCUT2D eigenvalue weighted by Crippen LogP contribution is 2.24. The van der Waals surface area contributed by atoms with Gasteiger partial charge in [-0.15, -0.1) is 0 Å². The number of aromatic nitrogens is 1. The van der Waals surface area contributed by atoms with Crippen molar-refractivity contribution in [2.75, 3.05) is 10.5 Å². The maximum Gasteiger partial charge on any atom is 0.266 e. The van der Waals surface area contributed by atoms with Crippen LogP contribution in [0.25, 0.3) is 0 Å². The van der Waals surface area contributed by atoms with E-state index in [0.29, 0.717) is 0 Å². The molecule has 0 aliphatic rings. The van der Waals surface area contributed by atoms with Gasteiger partial charge in [0.15, 0.2) is 5.82 Å². The monoisotopic (exact) mass is 319 g/mol. The second-order valence-electron chi connectivity index (χ2n) is 3.72. The van der Waals surface area contributed by atoms with E-state index in [0.717, 1.165) is 12.1 Å². The van der Waals surface area contributed by atoms with Crippen LogP contribution in [0.3, 0.4) is 0 Å². The zero-order chi connectivity index (χ0) is 14.9. The molecule has 106 valence electrons. The standard InChI is InChI=1S/C11H8ClF2N3O2S/c12-8-2-1-3-9(16-8)17-20(18,19)7-5-4-6(13)11(15)10(7)14/h1-5H,15H2,(H,16,17). The number of rotatable bonds is 3. The quantitative estimate of drug-likeness (QED) is 0.672. The summed E-state index contributed by atoms with van der Waals surface area (Å²) in [6, 6.07) is 5.76. The van der Waals surface area contributed by atoms with E-state index in [1.54, 1.807) is 0 Å². The molecule has 0 saturated heterocycles. The van der Waals surface area contributed by atoms with Gasteiger partial charge in [-0.3, -0.25) is 4.72 Å². The number of hydrogen-bond donors (Lipinski definition) is 2. The van der Waals surface area contributed by atoms with Crippen LogP contribution < -0.4 is 10.5 Å². The summed E-state index contributed by atoms with van der Waals surface area (Å²) < 4.78 is 52.7. The molecule has 3 N–H and O–H groups in total.